The van der Waals surface area contributed by atoms with Crippen molar-refractivity contribution >= 4 is 10.9 Å². The summed E-state index contributed by atoms with van der Waals surface area (Å²) in [6, 6.07) is 20.0. The van der Waals surface area contributed by atoms with Crippen molar-refractivity contribution in [3.8, 4) is 0 Å². The Morgan fingerprint density at radius 3 is 2.57 bits per heavy atom. The molecule has 0 amide bonds. The first-order chi connectivity index (χ1) is 10.4. The number of pyridine rings is 1. The van der Waals surface area contributed by atoms with E-state index in [1.165, 1.54) is 22.1 Å². The number of aromatic nitrogens is 1. The Morgan fingerprint density at radius 2 is 1.76 bits per heavy atom. The summed E-state index contributed by atoms with van der Waals surface area (Å²) >= 11 is 0. The van der Waals surface area contributed by atoms with Crippen LogP contribution in [0.5, 0.6) is 0 Å². The third-order valence-corrected chi connectivity index (χ3v) is 4.31. The number of fused-ring (bicyclic) bond motifs is 2. The fraction of sp³-hybridized carbons (Fsp3) is 0.211. The molecule has 0 spiro atoms. The van der Waals surface area contributed by atoms with Gasteiger partial charge in [-0.2, -0.15) is 0 Å². The van der Waals surface area contributed by atoms with Crippen molar-refractivity contribution in [1.82, 2.24) is 10.3 Å². The van der Waals surface area contributed by atoms with Gasteiger partial charge in [0.05, 0.1) is 5.52 Å². The van der Waals surface area contributed by atoms with E-state index in [9.17, 15) is 0 Å². The third kappa shape index (κ3) is 2.55. The number of nitrogens with zero attached hydrogens (tertiary/aromatic N) is 1. The van der Waals surface area contributed by atoms with Crippen molar-refractivity contribution in [2.75, 3.05) is 0 Å². The molecule has 4 rings (SSSR count). The molecule has 1 aliphatic carbocycles. The molecular weight excluding hydrogens is 256 g/mol. The fourth-order valence-corrected chi connectivity index (χ4v) is 3.20. The van der Waals surface area contributed by atoms with Crippen LogP contribution in [-0.4, -0.2) is 11.0 Å². The van der Waals surface area contributed by atoms with E-state index in [2.05, 4.69) is 58.8 Å². The smallest absolute Gasteiger partial charge is 0.0702 e. The second kappa shape index (κ2) is 5.30. The molecule has 104 valence electrons. The van der Waals surface area contributed by atoms with Crippen LogP contribution >= 0.6 is 0 Å². The zero-order chi connectivity index (χ0) is 14.1. The van der Waals surface area contributed by atoms with Crippen LogP contribution < -0.4 is 5.32 Å². The predicted octanol–water partition coefficient (Wildman–Crippen LogP) is 3.49. The van der Waals surface area contributed by atoms with Gasteiger partial charge in [0.2, 0.25) is 0 Å². The van der Waals surface area contributed by atoms with E-state index in [-0.39, 0.29) is 0 Å². The topological polar surface area (TPSA) is 24.9 Å². The maximum absolute atomic E-state index is 4.37. The molecule has 1 heterocycles. The summed E-state index contributed by atoms with van der Waals surface area (Å²) in [5, 5.41) is 4.90. The quantitative estimate of drug-likeness (QED) is 0.791. The fourth-order valence-electron chi connectivity index (χ4n) is 3.20. The maximum Gasteiger partial charge on any atom is 0.0702 e. The number of hydrogen-bond acceptors (Lipinski definition) is 2. The van der Waals surface area contributed by atoms with Gasteiger partial charge in [0.15, 0.2) is 0 Å². The summed E-state index contributed by atoms with van der Waals surface area (Å²) in [5.41, 5.74) is 5.39. The second-order valence-electron chi connectivity index (χ2n) is 5.79. The van der Waals surface area contributed by atoms with Crippen molar-refractivity contribution in [3.63, 3.8) is 0 Å². The van der Waals surface area contributed by atoms with E-state index in [1.54, 1.807) is 0 Å². The molecule has 1 N–H and O–H groups in total. The molecule has 0 aliphatic heterocycles. The van der Waals surface area contributed by atoms with Crippen molar-refractivity contribution in [2.24, 2.45) is 0 Å². The minimum Gasteiger partial charge on any atom is -0.309 e. The van der Waals surface area contributed by atoms with E-state index < -0.39 is 0 Å². The van der Waals surface area contributed by atoms with Gasteiger partial charge in [-0.1, -0.05) is 36.4 Å². The van der Waals surface area contributed by atoms with Crippen molar-refractivity contribution in [2.45, 2.75) is 25.4 Å². The monoisotopic (exact) mass is 274 g/mol. The Labute approximate surface area is 124 Å². The van der Waals surface area contributed by atoms with Crippen LogP contribution in [0.3, 0.4) is 0 Å². The third-order valence-electron chi connectivity index (χ3n) is 4.31. The summed E-state index contributed by atoms with van der Waals surface area (Å²) in [7, 11) is 0. The lowest BCUT2D eigenvalue weighted by molar-refractivity contribution is 0.533. The lowest BCUT2D eigenvalue weighted by Crippen LogP contribution is -2.28. The lowest BCUT2D eigenvalue weighted by Gasteiger charge is -2.12. The molecule has 2 aromatic carbocycles. The van der Waals surface area contributed by atoms with Crippen molar-refractivity contribution in [1.29, 1.82) is 0 Å². The van der Waals surface area contributed by atoms with Gasteiger partial charge in [-0.25, -0.2) is 0 Å². The molecule has 0 unspecified atom stereocenters. The van der Waals surface area contributed by atoms with Gasteiger partial charge in [-0.3, -0.25) is 4.98 Å². The number of nitrogens with one attached hydrogen (secondary N) is 1. The Bertz CT molecular complexity index is 754. The molecule has 0 radical (unpaired) electrons. The number of benzene rings is 2. The Hall–Kier alpha value is -2.19. The van der Waals surface area contributed by atoms with Crippen LogP contribution in [0.1, 0.15) is 16.7 Å². The molecule has 0 saturated heterocycles. The highest BCUT2D eigenvalue weighted by Gasteiger charge is 2.19. The maximum atomic E-state index is 4.37. The van der Waals surface area contributed by atoms with Crippen LogP contribution in [0.2, 0.25) is 0 Å². The Morgan fingerprint density at radius 1 is 0.952 bits per heavy atom. The van der Waals surface area contributed by atoms with Gasteiger partial charge in [0, 0.05) is 24.2 Å². The Kier molecular flexibility index (Phi) is 3.17. The first kappa shape index (κ1) is 12.5. The largest absolute Gasteiger partial charge is 0.309 e. The van der Waals surface area contributed by atoms with Gasteiger partial charge >= 0.3 is 0 Å². The average molecular weight is 274 g/mol. The summed E-state index contributed by atoms with van der Waals surface area (Å²) in [6.45, 7) is 0.920. The summed E-state index contributed by atoms with van der Waals surface area (Å²) in [5.74, 6) is 0. The summed E-state index contributed by atoms with van der Waals surface area (Å²) in [6.07, 6.45) is 4.13. The molecule has 0 saturated carbocycles. The first-order valence-electron chi connectivity index (χ1n) is 7.52. The van der Waals surface area contributed by atoms with Crippen molar-refractivity contribution in [3.05, 3.63) is 77.5 Å². The van der Waals surface area contributed by atoms with Gasteiger partial charge in [-0.05, 0) is 47.7 Å². The van der Waals surface area contributed by atoms with E-state index in [0.717, 1.165) is 24.9 Å². The molecule has 0 atom stereocenters. The lowest BCUT2D eigenvalue weighted by atomic mass is 10.1. The normalized spacial score (nSPS) is 14.5. The highest BCUT2D eigenvalue weighted by molar-refractivity contribution is 5.78. The van der Waals surface area contributed by atoms with Crippen molar-refractivity contribution < 1.29 is 0 Å². The molecule has 1 aliphatic rings. The van der Waals surface area contributed by atoms with Gasteiger partial charge in [-0.15, -0.1) is 0 Å². The van der Waals surface area contributed by atoms with E-state index in [4.69, 9.17) is 0 Å². The average Bonchev–Trinajstić information content (AvgIpc) is 2.95. The molecular formula is C19H18N2. The van der Waals surface area contributed by atoms with Crippen LogP contribution in [0.15, 0.2) is 60.8 Å². The van der Waals surface area contributed by atoms with E-state index in [1.807, 2.05) is 12.3 Å². The molecule has 3 aromatic rings. The molecule has 2 heteroatoms. The number of rotatable bonds is 3. The van der Waals surface area contributed by atoms with Crippen LogP contribution in [0, 0.1) is 0 Å². The zero-order valence-corrected chi connectivity index (χ0v) is 11.9. The van der Waals surface area contributed by atoms with E-state index in [0.29, 0.717) is 6.04 Å². The molecule has 21 heavy (non-hydrogen) atoms. The zero-order valence-electron chi connectivity index (χ0n) is 11.9. The van der Waals surface area contributed by atoms with E-state index >= 15 is 0 Å². The Balaban J connectivity index is 1.45. The molecule has 2 nitrogen and oxygen atoms in total. The van der Waals surface area contributed by atoms with Crippen LogP contribution in [-0.2, 0) is 19.4 Å². The summed E-state index contributed by atoms with van der Waals surface area (Å²) in [4.78, 5) is 4.37. The summed E-state index contributed by atoms with van der Waals surface area (Å²) < 4.78 is 0. The number of hydrogen-bond donors (Lipinski definition) is 1. The predicted molar refractivity (Wildman–Crippen MR) is 86.2 cm³/mol. The standard InChI is InChI=1S/C19H18N2/c1-2-5-16-12-18(11-15(16)4-1)21-13-14-7-8-19-17(10-14)6-3-9-20-19/h1-10,18,21H,11-13H2. The van der Waals surface area contributed by atoms with Crippen LogP contribution in [0.4, 0.5) is 0 Å². The molecule has 1 aromatic heterocycles. The minimum atomic E-state index is 0.562. The first-order valence-corrected chi connectivity index (χ1v) is 7.52. The highest BCUT2D eigenvalue weighted by Crippen LogP contribution is 2.22. The van der Waals surface area contributed by atoms with Gasteiger partial charge in [0.25, 0.3) is 0 Å². The second-order valence-corrected chi connectivity index (χ2v) is 5.79. The van der Waals surface area contributed by atoms with Gasteiger partial charge < -0.3 is 5.32 Å². The minimum absolute atomic E-state index is 0.562. The van der Waals surface area contributed by atoms with Gasteiger partial charge in [0.1, 0.15) is 0 Å². The highest BCUT2D eigenvalue weighted by atomic mass is 14.9. The molecule has 0 bridgehead atoms. The SMILES string of the molecule is c1ccc2c(c1)CC(NCc1ccc3ncccc3c1)C2. The van der Waals surface area contributed by atoms with Crippen LogP contribution in [0.25, 0.3) is 10.9 Å². The molecule has 0 fully saturated rings.